The third kappa shape index (κ3) is 5.40. The first-order valence-electron chi connectivity index (χ1n) is 13.9. The molecule has 5 rings (SSSR count). The molecule has 2 aromatic heterocycles. The van der Waals surface area contributed by atoms with E-state index in [0.717, 1.165) is 17.5 Å². The maximum atomic E-state index is 13.7. The molecule has 2 aliphatic rings. The first-order valence-corrected chi connectivity index (χ1v) is 13.9. The third-order valence-electron chi connectivity index (χ3n) is 8.38. The zero-order chi connectivity index (χ0) is 25.8. The fourth-order valence-electron chi connectivity index (χ4n) is 6.56. The topological polar surface area (TPSA) is 86.8 Å². The number of para-hydroxylation sites is 2. The van der Waals surface area contributed by atoms with Gasteiger partial charge in [0.1, 0.15) is 6.07 Å². The van der Waals surface area contributed by atoms with Crippen molar-refractivity contribution in [3.05, 3.63) is 58.6 Å². The minimum Gasteiger partial charge on any atom is -0.333 e. The molecule has 0 bridgehead atoms. The highest BCUT2D eigenvalue weighted by atomic mass is 16.1. The molecule has 1 atom stereocenters. The van der Waals surface area contributed by atoms with Crippen LogP contribution in [0.5, 0.6) is 0 Å². The van der Waals surface area contributed by atoms with Crippen LogP contribution in [0.4, 0.5) is 11.5 Å². The molecule has 1 aromatic carbocycles. The molecule has 3 heterocycles. The molecule has 0 radical (unpaired) electrons. The Labute approximate surface area is 219 Å². The second-order valence-corrected chi connectivity index (χ2v) is 11.3. The Morgan fingerprint density at radius 1 is 1.08 bits per heavy atom. The first kappa shape index (κ1) is 25.4. The molecule has 1 saturated heterocycles. The largest absolute Gasteiger partial charge is 0.333 e. The maximum absolute atomic E-state index is 13.7. The summed E-state index contributed by atoms with van der Waals surface area (Å²) in [5, 5.41) is 12.6. The molecule has 0 unspecified atom stereocenters. The number of nitrogens with zero attached hydrogens (tertiary/aromatic N) is 5. The Hall–Kier alpha value is -3.24. The van der Waals surface area contributed by atoms with Crippen LogP contribution < -0.4 is 10.9 Å². The lowest BCUT2D eigenvalue weighted by Gasteiger charge is -2.43. The van der Waals surface area contributed by atoms with Crippen LogP contribution in [0.3, 0.4) is 0 Å². The van der Waals surface area contributed by atoms with Crippen LogP contribution in [0.15, 0.2) is 47.5 Å². The molecule has 7 nitrogen and oxygen atoms in total. The number of aromatic nitrogens is 3. The fraction of sp³-hybridized carbons (Fsp3) is 0.533. The molecule has 1 N–H and O–H groups in total. The number of nitriles is 1. The van der Waals surface area contributed by atoms with Gasteiger partial charge in [0, 0.05) is 30.4 Å². The summed E-state index contributed by atoms with van der Waals surface area (Å²) in [6, 6.07) is 12.7. The second-order valence-electron chi connectivity index (χ2n) is 11.3. The van der Waals surface area contributed by atoms with Gasteiger partial charge in [-0.05, 0) is 64.2 Å². The Morgan fingerprint density at radius 3 is 2.62 bits per heavy atom. The van der Waals surface area contributed by atoms with Gasteiger partial charge in [0.05, 0.1) is 28.5 Å². The molecular weight excluding hydrogens is 460 g/mol. The van der Waals surface area contributed by atoms with E-state index in [0.29, 0.717) is 29.9 Å². The Morgan fingerprint density at radius 2 is 1.84 bits per heavy atom. The van der Waals surface area contributed by atoms with E-state index in [1.54, 1.807) is 18.5 Å². The molecule has 0 spiro atoms. The van der Waals surface area contributed by atoms with Crippen molar-refractivity contribution in [2.45, 2.75) is 102 Å². The Balaban J connectivity index is 1.43. The van der Waals surface area contributed by atoms with Gasteiger partial charge in [0.2, 0.25) is 0 Å². The number of aryl methyl sites for hydroxylation is 1. The van der Waals surface area contributed by atoms with Gasteiger partial charge >= 0.3 is 0 Å². The van der Waals surface area contributed by atoms with Crippen molar-refractivity contribution in [3.63, 3.8) is 0 Å². The van der Waals surface area contributed by atoms with Crippen LogP contribution in [0, 0.1) is 11.3 Å². The maximum Gasteiger partial charge on any atom is 0.294 e. The average Bonchev–Trinajstić information content (AvgIpc) is 3.18. The molecule has 194 valence electrons. The lowest BCUT2D eigenvalue weighted by atomic mass is 9.92. The van der Waals surface area contributed by atoms with Crippen LogP contribution in [-0.4, -0.2) is 37.1 Å². The van der Waals surface area contributed by atoms with Gasteiger partial charge in [-0.3, -0.25) is 14.7 Å². The average molecular weight is 499 g/mol. The highest BCUT2D eigenvalue weighted by Crippen LogP contribution is 2.40. The van der Waals surface area contributed by atoms with Gasteiger partial charge in [0.15, 0.2) is 5.82 Å². The number of benzene rings is 1. The Bertz CT molecular complexity index is 1330. The van der Waals surface area contributed by atoms with Crippen molar-refractivity contribution in [2.24, 2.45) is 0 Å². The number of nitrogens with one attached hydrogen (secondary N) is 1. The number of hydrogen-bond donors (Lipinski definition) is 1. The number of likely N-dealkylation sites (tertiary alicyclic amines) is 1. The normalized spacial score (nSPS) is 20.8. The third-order valence-corrected chi connectivity index (χ3v) is 8.38. The molecule has 0 amide bonds. The van der Waals surface area contributed by atoms with Crippen LogP contribution in [0.25, 0.3) is 11.0 Å². The number of fused-ring (bicyclic) bond motifs is 1. The molecule has 2 fully saturated rings. The molecule has 1 saturated carbocycles. The van der Waals surface area contributed by atoms with E-state index in [9.17, 15) is 10.1 Å². The minimum absolute atomic E-state index is 0.166. The zero-order valence-corrected chi connectivity index (χ0v) is 22.1. The van der Waals surface area contributed by atoms with Crippen LogP contribution in [0.2, 0.25) is 0 Å². The van der Waals surface area contributed by atoms with Crippen molar-refractivity contribution in [2.75, 3.05) is 5.32 Å². The van der Waals surface area contributed by atoms with Crippen LogP contribution in [-0.2, 0) is 6.54 Å². The predicted molar refractivity (Wildman–Crippen MR) is 148 cm³/mol. The van der Waals surface area contributed by atoms with Gasteiger partial charge in [-0.1, -0.05) is 44.2 Å². The summed E-state index contributed by atoms with van der Waals surface area (Å²) in [6.45, 7) is 5.45. The highest BCUT2D eigenvalue weighted by molar-refractivity contribution is 5.77. The predicted octanol–water partition coefficient (Wildman–Crippen LogP) is 6.15. The number of hydrogen-bond acceptors (Lipinski definition) is 6. The summed E-state index contributed by atoms with van der Waals surface area (Å²) < 4.78 is 1.87. The van der Waals surface area contributed by atoms with E-state index in [1.165, 1.54) is 57.8 Å². The monoisotopic (exact) mass is 498 g/mol. The number of rotatable bonds is 6. The van der Waals surface area contributed by atoms with Crippen molar-refractivity contribution in [3.8, 4) is 6.07 Å². The summed E-state index contributed by atoms with van der Waals surface area (Å²) in [7, 11) is 0. The summed E-state index contributed by atoms with van der Waals surface area (Å²) >= 11 is 0. The van der Waals surface area contributed by atoms with Crippen molar-refractivity contribution in [1.82, 2.24) is 19.4 Å². The van der Waals surface area contributed by atoms with E-state index in [1.807, 2.05) is 28.8 Å². The van der Waals surface area contributed by atoms with E-state index in [4.69, 9.17) is 0 Å². The van der Waals surface area contributed by atoms with Gasteiger partial charge in [-0.25, -0.2) is 4.98 Å². The van der Waals surface area contributed by atoms with E-state index in [-0.39, 0.29) is 16.9 Å². The summed E-state index contributed by atoms with van der Waals surface area (Å²) in [5.74, 6) is 0.229. The molecule has 37 heavy (non-hydrogen) atoms. The van der Waals surface area contributed by atoms with E-state index >= 15 is 0 Å². The summed E-state index contributed by atoms with van der Waals surface area (Å²) in [5.41, 5.74) is 2.56. The van der Waals surface area contributed by atoms with Crippen LogP contribution in [0.1, 0.15) is 83.6 Å². The van der Waals surface area contributed by atoms with E-state index in [2.05, 4.69) is 40.1 Å². The standard InChI is InChI=1S/C30H38N6O/c1-30(2)17-14-24(36(30)23-10-6-4-3-5-7-11-23)16-19-35-27-13-9-8-12-25(27)33-28(29(35)37)34-26-21-32-18-15-22(26)20-31/h8-9,12-13,15,18,21,23-24H,3-7,10-11,14,16-17,19H2,1-2H3,(H,33,34)/t24-/m0/s1. The quantitative estimate of drug-likeness (QED) is 0.438. The smallest absolute Gasteiger partial charge is 0.294 e. The van der Waals surface area contributed by atoms with Gasteiger partial charge in [-0.2, -0.15) is 5.26 Å². The second kappa shape index (κ2) is 11.0. The molecular formula is C30H38N6O. The molecule has 1 aliphatic heterocycles. The molecule has 7 heteroatoms. The highest BCUT2D eigenvalue weighted by Gasteiger charge is 2.42. The molecule has 1 aliphatic carbocycles. The van der Waals surface area contributed by atoms with Gasteiger partial charge in [0.25, 0.3) is 5.56 Å². The number of anilines is 2. The zero-order valence-electron chi connectivity index (χ0n) is 22.1. The van der Waals surface area contributed by atoms with Gasteiger partial charge < -0.3 is 9.88 Å². The van der Waals surface area contributed by atoms with Crippen molar-refractivity contribution >= 4 is 22.5 Å². The fourth-order valence-corrected chi connectivity index (χ4v) is 6.56. The lowest BCUT2D eigenvalue weighted by molar-refractivity contribution is 0.0533. The van der Waals surface area contributed by atoms with Crippen molar-refractivity contribution in [1.29, 1.82) is 5.26 Å². The summed E-state index contributed by atoms with van der Waals surface area (Å²) in [6.07, 6.45) is 15.8. The van der Waals surface area contributed by atoms with Gasteiger partial charge in [-0.15, -0.1) is 0 Å². The molecule has 3 aromatic rings. The first-order chi connectivity index (χ1) is 18.0. The minimum atomic E-state index is -0.166. The van der Waals surface area contributed by atoms with Crippen LogP contribution >= 0.6 is 0 Å². The lowest BCUT2D eigenvalue weighted by Crippen LogP contribution is -2.50. The number of pyridine rings is 1. The van der Waals surface area contributed by atoms with Crippen molar-refractivity contribution < 1.29 is 0 Å². The summed E-state index contributed by atoms with van der Waals surface area (Å²) in [4.78, 5) is 25.3. The van der Waals surface area contributed by atoms with E-state index < -0.39 is 0 Å². The Kier molecular flexibility index (Phi) is 7.57. The SMILES string of the molecule is CC1(C)CC[C@@H](CCn2c(=O)c(Nc3cnccc3C#N)nc3ccccc32)N1C1CCCCCCC1.